The normalized spacial score (nSPS) is 26.9. The van der Waals surface area contributed by atoms with E-state index in [9.17, 15) is 44.4 Å². The van der Waals surface area contributed by atoms with E-state index in [1.807, 2.05) is 0 Å². The Labute approximate surface area is 528 Å². The van der Waals surface area contributed by atoms with E-state index in [4.69, 9.17) is 56.6 Å². The maximum Gasteiger partial charge on any atom is 0.280 e. The lowest BCUT2D eigenvalue weighted by Gasteiger charge is -2.41. The molecule has 8 aromatic rings. The van der Waals surface area contributed by atoms with Crippen molar-refractivity contribution < 1.29 is 53.0 Å². The summed E-state index contributed by atoms with van der Waals surface area (Å²) in [5, 5.41) is 41.1. The summed E-state index contributed by atoms with van der Waals surface area (Å²) < 4.78 is 43.2. The van der Waals surface area contributed by atoms with Crippen LogP contribution in [0.5, 0.6) is 0 Å². The number of carbonyl (C=O) groups excluding carboxylic acids is 1. The molecule has 4 aliphatic heterocycles. The largest absolute Gasteiger partial charge is 0.414 e. The number of hydrogen-bond donors (Lipinski definition) is 16. The Hall–Kier alpha value is -7.86. The number of nitrogens with two attached hydrogens (primary N) is 5. The second kappa shape index (κ2) is 26.1. The Morgan fingerprint density at radius 1 is 0.602 bits per heavy atom. The smallest absolute Gasteiger partial charge is 0.280 e. The first-order valence-electron chi connectivity index (χ1n) is 29.6. The summed E-state index contributed by atoms with van der Waals surface area (Å²) >= 11 is 0. The Kier molecular flexibility index (Phi) is 19.1. The zero-order chi connectivity index (χ0) is 67.6. The van der Waals surface area contributed by atoms with E-state index in [1.165, 1.54) is 32.7 Å². The van der Waals surface area contributed by atoms with Crippen LogP contribution in [0.25, 0.3) is 44.7 Å². The number of anilines is 4. The highest BCUT2D eigenvalue weighted by atomic mass is 28.4. The number of aromatic nitrogens is 16. The van der Waals surface area contributed by atoms with Crippen LogP contribution in [-0.4, -0.2) is 202 Å². The summed E-state index contributed by atoms with van der Waals surface area (Å²) in [4.78, 5) is 101. The van der Waals surface area contributed by atoms with E-state index < -0.39 is 119 Å². The van der Waals surface area contributed by atoms with Crippen molar-refractivity contribution in [2.45, 2.75) is 176 Å². The molecule has 0 saturated carbocycles. The minimum atomic E-state index is -2.25. The monoisotopic (exact) mass is 1340 g/mol. The van der Waals surface area contributed by atoms with Crippen LogP contribution in [0.15, 0.2) is 44.5 Å². The van der Waals surface area contributed by atoms with Crippen molar-refractivity contribution in [3.05, 3.63) is 66.7 Å². The van der Waals surface area contributed by atoms with Crippen molar-refractivity contribution in [3.63, 3.8) is 0 Å². The lowest BCUT2D eigenvalue weighted by molar-refractivity contribution is -0.122. The molecule has 0 unspecified atom stereocenters. The van der Waals surface area contributed by atoms with Crippen molar-refractivity contribution in [2.24, 2.45) is 5.84 Å². The van der Waals surface area contributed by atoms with Gasteiger partial charge in [-0.3, -0.25) is 74.1 Å². The SMILES string of the molecule is CC(C)(C)[Si](C)(C)OC[C@H]1O[C@@H](n2cnc3c(=O)[nH]c(N)nc32)[C@H](O[Si](C)(C)C(C)(C)C)[C@@H]1NN.Nc1nc2c(ncn2[C@@H]2O[C@H](CO)[C@@H](NNC[C@H]3O[C@@H](n4cnc5c(=O)[nH]c(N)nc54)C[C@@H]3O)[C@H]2O)c(=O)[nH]1.Nc1nc2c(ncn2[C@H]2C[C@H](O)[C@@H](C=O)O2)c(=O)[nH]1. The van der Waals surface area contributed by atoms with Crippen LogP contribution in [0.1, 0.15) is 79.3 Å². The maximum absolute atomic E-state index is 12.4. The number of nitrogen functional groups attached to an aromatic ring is 4. The van der Waals surface area contributed by atoms with E-state index in [2.05, 4.69) is 144 Å². The number of aliphatic hydroxyl groups excluding tert-OH is 4. The third kappa shape index (κ3) is 13.5. The molecule has 41 heteroatoms. The molecule has 21 N–H and O–H groups in total. The number of nitrogens with zero attached hydrogens (tertiary/aromatic N) is 12. The fourth-order valence-electron chi connectivity index (χ4n) is 10.6. The van der Waals surface area contributed by atoms with Crippen LogP contribution in [0, 0.1) is 0 Å². The Morgan fingerprint density at radius 2 is 1.02 bits per heavy atom. The summed E-state index contributed by atoms with van der Waals surface area (Å²) in [5.41, 5.74) is 30.9. The number of aliphatic hydroxyl groups is 4. The molecule has 14 atom stereocenters. The number of aromatic amines is 4. The molecule has 0 aliphatic carbocycles. The number of H-pyrrole nitrogens is 4. The first-order chi connectivity index (χ1) is 43.7. The minimum Gasteiger partial charge on any atom is -0.414 e. The molecule has 8 aromatic heterocycles. The molecule has 0 spiro atoms. The number of fused-ring (bicyclic) bond motifs is 4. The standard InChI is InChI=1S/C22H43N7O4Si2.C20H26N12O7.C10H11N5O4/c1-21(2,3)34(7,8)31-11-13-14(28-24)16(33-35(9,10)22(4,5)6)19(32-13)29-12-25-15-17(29)26-20(23)27-18(15)30;21-19-26-14-11(16(36)28-19)23-4-31(14)9-1-6(34)7(38-9)2-25-30-10-8(3-33)39-18(13(10)35)32-5-24-12-15(32)27-20(22)29-17(12)37;11-10-13-8-7(9(18)14-10)12-3-15(8)6-1-4(17)5(2-16)19-6/h12-14,16,19,28H,11,24H2,1-10H3,(H3,23,26,27,30);4-10,13,18,25,30,33-35H,1-3H2,(H3,21,26,28,36)(H3,22,27,29,37);2-6,17H,1H2,(H3,11,13,14,18)/t13-,14-,16-,19-;6-,7+,8+,9+,10+,13+,18+;4-,5+,6+/m100/s1. The second-order valence-corrected chi connectivity index (χ2v) is 35.6. The molecule has 4 aliphatic rings. The molecule has 39 nitrogen and oxygen atoms in total. The minimum absolute atomic E-state index is 0.00965. The molecule has 12 heterocycles. The average molecular weight is 1340 g/mol. The van der Waals surface area contributed by atoms with Gasteiger partial charge in [0.2, 0.25) is 23.8 Å². The van der Waals surface area contributed by atoms with Gasteiger partial charge in [0.15, 0.2) is 80.0 Å². The summed E-state index contributed by atoms with van der Waals surface area (Å²) in [6.45, 7) is 22.0. The van der Waals surface area contributed by atoms with Crippen LogP contribution in [-0.2, 0) is 32.6 Å². The third-order valence-electron chi connectivity index (χ3n) is 17.8. The first-order valence-corrected chi connectivity index (χ1v) is 35.4. The summed E-state index contributed by atoms with van der Waals surface area (Å²) in [7, 11) is -4.28. The summed E-state index contributed by atoms with van der Waals surface area (Å²) in [5.74, 6) is 5.87. The van der Waals surface area contributed by atoms with E-state index in [-0.39, 0.29) is 104 Å². The molecule has 4 saturated heterocycles. The van der Waals surface area contributed by atoms with Crippen molar-refractivity contribution >= 4 is 91.4 Å². The van der Waals surface area contributed by atoms with Crippen molar-refractivity contribution in [1.82, 2.24) is 94.4 Å². The van der Waals surface area contributed by atoms with Crippen molar-refractivity contribution in [3.8, 4) is 0 Å². The van der Waals surface area contributed by atoms with Crippen LogP contribution in [0.4, 0.5) is 23.8 Å². The zero-order valence-electron chi connectivity index (χ0n) is 52.5. The lowest BCUT2D eigenvalue weighted by Crippen LogP contribution is -2.55. The molecule has 0 amide bonds. The van der Waals surface area contributed by atoms with Gasteiger partial charge >= 0.3 is 0 Å². The van der Waals surface area contributed by atoms with Crippen LogP contribution < -0.4 is 67.3 Å². The maximum atomic E-state index is 12.4. The van der Waals surface area contributed by atoms with Gasteiger partial charge in [0.25, 0.3) is 22.2 Å². The average Bonchev–Trinajstić information content (AvgIpc) is 1.63. The Balaban J connectivity index is 0.000000161. The molecule has 12 rings (SSSR count). The van der Waals surface area contributed by atoms with Crippen LogP contribution >= 0.6 is 0 Å². The fraction of sp³-hybridized carbons (Fsp3) is 0.596. The van der Waals surface area contributed by atoms with Gasteiger partial charge in [-0.05, 0) is 36.3 Å². The first kappa shape index (κ1) is 68.0. The molecule has 0 bridgehead atoms. The van der Waals surface area contributed by atoms with E-state index in [0.717, 1.165) is 0 Å². The lowest BCUT2D eigenvalue weighted by atomic mass is 10.1. The second-order valence-electron chi connectivity index (χ2n) is 26.0. The predicted molar refractivity (Wildman–Crippen MR) is 338 cm³/mol. The number of nitrogens with one attached hydrogen (secondary N) is 7. The predicted octanol–water partition coefficient (Wildman–Crippen LogP) is -2.83. The number of hydrazine groups is 2. The molecule has 0 aromatic carbocycles. The number of hydrogen-bond acceptors (Lipinski definition) is 31. The van der Waals surface area contributed by atoms with E-state index in [1.54, 1.807) is 10.9 Å². The molecular weight excluding hydrogens is 1260 g/mol. The zero-order valence-corrected chi connectivity index (χ0v) is 54.5. The van der Waals surface area contributed by atoms with Crippen LogP contribution in [0.2, 0.25) is 36.3 Å². The number of imidazole rings is 4. The van der Waals surface area contributed by atoms with Gasteiger partial charge in [-0.2, -0.15) is 19.9 Å². The van der Waals surface area contributed by atoms with Gasteiger partial charge in [0.05, 0.1) is 68.9 Å². The van der Waals surface area contributed by atoms with Gasteiger partial charge < -0.3 is 76.0 Å². The summed E-state index contributed by atoms with van der Waals surface area (Å²) in [6, 6.07) is -1.15. The topological polar surface area (TPSA) is 574 Å². The van der Waals surface area contributed by atoms with Gasteiger partial charge in [0.1, 0.15) is 43.0 Å². The highest BCUT2D eigenvalue weighted by molar-refractivity contribution is 6.74. The number of carbonyl (C=O) groups is 1. The highest BCUT2D eigenvalue weighted by Crippen LogP contribution is 2.44. The molecule has 0 radical (unpaired) electrons. The molecule has 93 heavy (non-hydrogen) atoms. The Bertz CT molecular complexity index is 4250. The molecule has 4 fully saturated rings. The van der Waals surface area contributed by atoms with Gasteiger partial charge in [-0.1, -0.05) is 41.5 Å². The van der Waals surface area contributed by atoms with Gasteiger partial charge in [-0.15, -0.1) is 0 Å². The fourth-order valence-corrected chi connectivity index (χ4v) is 13.0. The van der Waals surface area contributed by atoms with E-state index in [0.29, 0.717) is 18.5 Å². The van der Waals surface area contributed by atoms with E-state index >= 15 is 0 Å². The van der Waals surface area contributed by atoms with Gasteiger partial charge in [-0.25, -0.2) is 25.4 Å². The van der Waals surface area contributed by atoms with Gasteiger partial charge in [0, 0.05) is 19.4 Å². The Morgan fingerprint density at radius 3 is 1.45 bits per heavy atom. The van der Waals surface area contributed by atoms with Crippen molar-refractivity contribution in [2.75, 3.05) is 42.7 Å². The van der Waals surface area contributed by atoms with Crippen LogP contribution in [0.3, 0.4) is 0 Å². The number of ether oxygens (including phenoxy) is 4. The quantitative estimate of drug-likeness (QED) is 0.0201. The van der Waals surface area contributed by atoms with Crippen molar-refractivity contribution in [1.29, 1.82) is 0 Å². The third-order valence-corrected chi connectivity index (χ3v) is 26.7. The summed E-state index contributed by atoms with van der Waals surface area (Å²) in [6.07, 6.45) is -2.59. The number of aldehydes is 1. The highest BCUT2D eigenvalue weighted by Gasteiger charge is 2.52. The number of rotatable bonds is 16. The molecular formula is C52H80N24O15Si2. The molecule has 506 valence electrons.